The molecule has 1 fully saturated rings. The summed E-state index contributed by atoms with van der Waals surface area (Å²) in [6, 6.07) is 5.06. The molecule has 0 radical (unpaired) electrons. The van der Waals surface area contributed by atoms with Crippen LogP contribution in [0.15, 0.2) is 18.2 Å². The Kier molecular flexibility index (Phi) is 3.62. The molecule has 94 valence electrons. The van der Waals surface area contributed by atoms with Crippen molar-refractivity contribution in [1.82, 2.24) is 0 Å². The van der Waals surface area contributed by atoms with Gasteiger partial charge in [0.2, 0.25) is 0 Å². The van der Waals surface area contributed by atoms with E-state index >= 15 is 0 Å². The van der Waals surface area contributed by atoms with Gasteiger partial charge in [-0.25, -0.2) is 4.39 Å². The molecular formula is C14H19ClFN. The van der Waals surface area contributed by atoms with Gasteiger partial charge < -0.3 is 5.32 Å². The van der Waals surface area contributed by atoms with E-state index in [0.717, 1.165) is 18.5 Å². The summed E-state index contributed by atoms with van der Waals surface area (Å²) >= 11 is 5.83. The minimum Gasteiger partial charge on any atom is -0.382 e. The predicted octanol–water partition coefficient (Wildman–Crippen LogP) is 4.86. The zero-order chi connectivity index (χ0) is 12.5. The van der Waals surface area contributed by atoms with Gasteiger partial charge in [0, 0.05) is 16.8 Å². The summed E-state index contributed by atoms with van der Waals surface area (Å²) in [5, 5.41) is 3.82. The fraction of sp³-hybridized carbons (Fsp3) is 0.571. The van der Waals surface area contributed by atoms with E-state index in [1.165, 1.54) is 25.0 Å². The largest absolute Gasteiger partial charge is 0.382 e. The van der Waals surface area contributed by atoms with Crippen LogP contribution in [-0.4, -0.2) is 6.04 Å². The van der Waals surface area contributed by atoms with Crippen LogP contribution >= 0.6 is 11.6 Å². The molecule has 17 heavy (non-hydrogen) atoms. The summed E-state index contributed by atoms with van der Waals surface area (Å²) in [5.74, 6) is -0.281. The smallest absolute Gasteiger partial charge is 0.126 e. The Bertz CT molecular complexity index is 373. The third-order valence-electron chi connectivity index (χ3n) is 3.57. The Morgan fingerprint density at radius 3 is 2.47 bits per heavy atom. The Balaban J connectivity index is 1.97. The van der Waals surface area contributed by atoms with E-state index in [4.69, 9.17) is 11.6 Å². The molecule has 0 aliphatic heterocycles. The fourth-order valence-electron chi connectivity index (χ4n) is 2.42. The van der Waals surface area contributed by atoms with E-state index < -0.39 is 0 Å². The third-order valence-corrected chi connectivity index (χ3v) is 3.79. The highest BCUT2D eigenvalue weighted by Gasteiger charge is 2.26. The molecule has 0 amide bonds. The minimum absolute atomic E-state index is 0.281. The number of benzene rings is 1. The fourth-order valence-corrected chi connectivity index (χ4v) is 2.64. The number of rotatable bonds is 2. The molecule has 2 rings (SSSR count). The van der Waals surface area contributed by atoms with Crippen LogP contribution in [0.25, 0.3) is 0 Å². The van der Waals surface area contributed by atoms with E-state index in [0.29, 0.717) is 16.5 Å². The lowest BCUT2D eigenvalue weighted by Crippen LogP contribution is -2.29. The van der Waals surface area contributed by atoms with Gasteiger partial charge in [-0.2, -0.15) is 0 Å². The first-order valence-corrected chi connectivity index (χ1v) is 6.55. The van der Waals surface area contributed by atoms with Gasteiger partial charge in [-0.3, -0.25) is 0 Å². The molecule has 0 spiro atoms. The number of hydrogen-bond acceptors (Lipinski definition) is 1. The number of nitrogens with one attached hydrogen (secondary N) is 1. The SMILES string of the molecule is CC1(C)CCC(Nc2cc(F)cc(Cl)c2)CC1. The van der Waals surface area contributed by atoms with Crippen molar-refractivity contribution in [1.29, 1.82) is 0 Å². The summed E-state index contributed by atoms with van der Waals surface area (Å²) in [7, 11) is 0. The molecule has 1 nitrogen and oxygen atoms in total. The monoisotopic (exact) mass is 255 g/mol. The van der Waals surface area contributed by atoms with Crippen molar-refractivity contribution in [2.24, 2.45) is 5.41 Å². The standard InChI is InChI=1S/C14H19ClFN/c1-14(2)5-3-12(4-6-14)17-13-8-10(15)7-11(16)9-13/h7-9,12,17H,3-6H2,1-2H3. The Labute approximate surface area is 107 Å². The molecule has 0 atom stereocenters. The van der Waals surface area contributed by atoms with Gasteiger partial charge in [0.1, 0.15) is 5.82 Å². The average Bonchev–Trinajstić information content (AvgIpc) is 2.20. The molecule has 0 aromatic heterocycles. The van der Waals surface area contributed by atoms with Crippen molar-refractivity contribution in [2.75, 3.05) is 5.32 Å². The molecule has 1 aromatic rings. The van der Waals surface area contributed by atoms with Crippen LogP contribution < -0.4 is 5.32 Å². The lowest BCUT2D eigenvalue weighted by molar-refractivity contribution is 0.232. The van der Waals surface area contributed by atoms with Crippen molar-refractivity contribution >= 4 is 17.3 Å². The summed E-state index contributed by atoms with van der Waals surface area (Å²) in [6.45, 7) is 4.62. The molecule has 0 bridgehead atoms. The Morgan fingerprint density at radius 2 is 1.88 bits per heavy atom. The Hall–Kier alpha value is -0.760. The molecule has 0 unspecified atom stereocenters. The first-order valence-electron chi connectivity index (χ1n) is 6.17. The van der Waals surface area contributed by atoms with Crippen molar-refractivity contribution in [3.8, 4) is 0 Å². The highest BCUT2D eigenvalue weighted by atomic mass is 35.5. The third kappa shape index (κ3) is 3.60. The van der Waals surface area contributed by atoms with Crippen LogP contribution in [0.5, 0.6) is 0 Å². The highest BCUT2D eigenvalue weighted by molar-refractivity contribution is 6.30. The van der Waals surface area contributed by atoms with E-state index in [-0.39, 0.29) is 5.82 Å². The van der Waals surface area contributed by atoms with Gasteiger partial charge in [-0.05, 0) is 49.3 Å². The molecular weight excluding hydrogens is 237 g/mol. The van der Waals surface area contributed by atoms with Crippen molar-refractivity contribution in [3.05, 3.63) is 29.0 Å². The normalized spacial score (nSPS) is 20.2. The van der Waals surface area contributed by atoms with E-state index in [9.17, 15) is 4.39 Å². The lowest BCUT2D eigenvalue weighted by Gasteiger charge is -2.35. The zero-order valence-electron chi connectivity index (χ0n) is 10.4. The number of halogens is 2. The number of anilines is 1. The van der Waals surface area contributed by atoms with Crippen LogP contribution in [0.1, 0.15) is 39.5 Å². The minimum atomic E-state index is -0.281. The van der Waals surface area contributed by atoms with Crippen molar-refractivity contribution < 1.29 is 4.39 Å². The Morgan fingerprint density at radius 1 is 1.24 bits per heavy atom. The summed E-state index contributed by atoms with van der Waals surface area (Å²) in [5.41, 5.74) is 1.25. The second-order valence-corrected chi connectivity index (χ2v) is 6.18. The molecule has 1 aromatic carbocycles. The quantitative estimate of drug-likeness (QED) is 0.796. The van der Waals surface area contributed by atoms with Crippen LogP contribution in [0.2, 0.25) is 5.02 Å². The van der Waals surface area contributed by atoms with Gasteiger partial charge in [-0.1, -0.05) is 25.4 Å². The maximum Gasteiger partial charge on any atom is 0.126 e. The van der Waals surface area contributed by atoms with Crippen LogP contribution in [0.4, 0.5) is 10.1 Å². The van der Waals surface area contributed by atoms with E-state index in [2.05, 4.69) is 19.2 Å². The van der Waals surface area contributed by atoms with Gasteiger partial charge in [0.25, 0.3) is 0 Å². The van der Waals surface area contributed by atoms with E-state index in [1.807, 2.05) is 0 Å². The predicted molar refractivity (Wildman–Crippen MR) is 71.1 cm³/mol. The maximum absolute atomic E-state index is 13.2. The van der Waals surface area contributed by atoms with Crippen molar-refractivity contribution in [2.45, 2.75) is 45.6 Å². The molecule has 3 heteroatoms. The molecule has 1 aliphatic rings. The maximum atomic E-state index is 13.2. The zero-order valence-corrected chi connectivity index (χ0v) is 11.1. The lowest BCUT2D eigenvalue weighted by atomic mass is 9.75. The summed E-state index contributed by atoms with van der Waals surface area (Å²) in [4.78, 5) is 0. The highest BCUT2D eigenvalue weighted by Crippen LogP contribution is 2.36. The van der Waals surface area contributed by atoms with Gasteiger partial charge in [0.15, 0.2) is 0 Å². The van der Waals surface area contributed by atoms with Gasteiger partial charge in [0.05, 0.1) is 0 Å². The van der Waals surface area contributed by atoms with Gasteiger partial charge >= 0.3 is 0 Å². The molecule has 0 heterocycles. The molecule has 1 N–H and O–H groups in total. The van der Waals surface area contributed by atoms with E-state index in [1.54, 1.807) is 6.07 Å². The van der Waals surface area contributed by atoms with Crippen LogP contribution in [0.3, 0.4) is 0 Å². The van der Waals surface area contributed by atoms with Crippen LogP contribution in [0, 0.1) is 11.2 Å². The first-order chi connectivity index (χ1) is 7.94. The number of hydrogen-bond donors (Lipinski definition) is 1. The average molecular weight is 256 g/mol. The first kappa shape index (κ1) is 12.7. The summed E-state index contributed by atoms with van der Waals surface area (Å²) < 4.78 is 13.2. The summed E-state index contributed by atoms with van der Waals surface area (Å²) in [6.07, 6.45) is 4.71. The molecule has 1 saturated carbocycles. The topological polar surface area (TPSA) is 12.0 Å². The van der Waals surface area contributed by atoms with Gasteiger partial charge in [-0.15, -0.1) is 0 Å². The molecule has 0 saturated heterocycles. The second-order valence-electron chi connectivity index (χ2n) is 5.74. The molecule has 1 aliphatic carbocycles. The van der Waals surface area contributed by atoms with Crippen LogP contribution in [-0.2, 0) is 0 Å². The second kappa shape index (κ2) is 4.85. The van der Waals surface area contributed by atoms with Crippen molar-refractivity contribution in [3.63, 3.8) is 0 Å².